The summed E-state index contributed by atoms with van der Waals surface area (Å²) in [5.74, 6) is 0. The number of benzene rings is 1. The molecule has 72 valence electrons. The van der Waals surface area contributed by atoms with Gasteiger partial charge in [0.1, 0.15) is 0 Å². The van der Waals surface area contributed by atoms with Crippen LogP contribution in [0, 0.1) is 6.92 Å². The van der Waals surface area contributed by atoms with E-state index in [2.05, 4.69) is 21.2 Å². The molecule has 0 bridgehead atoms. The summed E-state index contributed by atoms with van der Waals surface area (Å²) in [6.07, 6.45) is -2.32. The predicted octanol–water partition coefficient (Wildman–Crippen LogP) is 3.43. The minimum absolute atomic E-state index is 0.303. The maximum absolute atomic E-state index is 11.9. The minimum Gasteiger partial charge on any atom is -0.379 e. The second-order valence-electron chi connectivity index (χ2n) is 2.73. The predicted molar refractivity (Wildman–Crippen MR) is 53.4 cm³/mol. The first-order chi connectivity index (χ1) is 6.09. The Morgan fingerprint density at radius 1 is 1.46 bits per heavy atom. The molecular formula is C9H10BrF2N. The largest absolute Gasteiger partial charge is 0.379 e. The number of halogens is 3. The first kappa shape index (κ1) is 10.4. The van der Waals surface area contributed by atoms with E-state index in [1.54, 1.807) is 6.07 Å². The first-order valence-corrected chi connectivity index (χ1v) is 4.67. The van der Waals surface area contributed by atoms with Crippen LogP contribution in [-0.2, 0) is 0 Å². The molecule has 0 aliphatic heterocycles. The minimum atomic E-state index is -2.32. The van der Waals surface area contributed by atoms with E-state index in [1.165, 1.54) is 0 Å². The highest BCUT2D eigenvalue weighted by atomic mass is 79.9. The molecule has 0 fully saturated rings. The third-order valence-corrected chi connectivity index (χ3v) is 2.13. The van der Waals surface area contributed by atoms with Crippen molar-refractivity contribution in [3.8, 4) is 0 Å². The Bertz CT molecular complexity index is 289. The average molecular weight is 250 g/mol. The van der Waals surface area contributed by atoms with Crippen molar-refractivity contribution >= 4 is 21.6 Å². The fraction of sp³-hybridized carbons (Fsp3) is 0.333. The quantitative estimate of drug-likeness (QED) is 0.866. The molecule has 0 aliphatic carbocycles. The molecule has 0 radical (unpaired) electrons. The van der Waals surface area contributed by atoms with Gasteiger partial charge < -0.3 is 5.32 Å². The van der Waals surface area contributed by atoms with Crippen molar-refractivity contribution in [3.05, 3.63) is 28.2 Å². The van der Waals surface area contributed by atoms with Gasteiger partial charge in [0, 0.05) is 10.2 Å². The lowest BCUT2D eigenvalue weighted by atomic mass is 10.2. The second kappa shape index (κ2) is 4.56. The molecule has 1 aromatic rings. The molecule has 13 heavy (non-hydrogen) atoms. The Morgan fingerprint density at radius 2 is 2.15 bits per heavy atom. The number of hydrogen-bond acceptors (Lipinski definition) is 1. The van der Waals surface area contributed by atoms with E-state index in [-0.39, 0.29) is 6.54 Å². The summed E-state index contributed by atoms with van der Waals surface area (Å²) in [7, 11) is 0. The van der Waals surface area contributed by atoms with Crippen molar-refractivity contribution in [1.29, 1.82) is 0 Å². The highest BCUT2D eigenvalue weighted by Crippen LogP contribution is 2.19. The summed E-state index contributed by atoms with van der Waals surface area (Å²) >= 11 is 3.30. The lowest BCUT2D eigenvalue weighted by Crippen LogP contribution is -2.10. The van der Waals surface area contributed by atoms with E-state index in [1.807, 2.05) is 19.1 Å². The van der Waals surface area contributed by atoms with Gasteiger partial charge in [-0.2, -0.15) is 0 Å². The van der Waals surface area contributed by atoms with E-state index < -0.39 is 6.43 Å². The van der Waals surface area contributed by atoms with Crippen molar-refractivity contribution in [2.45, 2.75) is 13.3 Å². The Balaban J connectivity index is 2.67. The molecule has 0 heterocycles. The maximum atomic E-state index is 11.9. The van der Waals surface area contributed by atoms with E-state index in [0.717, 1.165) is 15.7 Å². The zero-order valence-corrected chi connectivity index (χ0v) is 8.74. The van der Waals surface area contributed by atoms with E-state index in [0.29, 0.717) is 0 Å². The molecule has 0 amide bonds. The molecule has 1 rings (SSSR count). The van der Waals surface area contributed by atoms with Crippen LogP contribution in [0.25, 0.3) is 0 Å². The van der Waals surface area contributed by atoms with Crippen molar-refractivity contribution in [2.75, 3.05) is 11.9 Å². The summed E-state index contributed by atoms with van der Waals surface area (Å²) in [6, 6.07) is 5.48. The third-order valence-electron chi connectivity index (χ3n) is 1.64. The van der Waals surface area contributed by atoms with Crippen LogP contribution >= 0.6 is 15.9 Å². The Labute approximate surface area is 84.3 Å². The summed E-state index contributed by atoms with van der Waals surface area (Å²) in [5, 5.41) is 2.67. The van der Waals surface area contributed by atoms with E-state index in [9.17, 15) is 8.78 Å². The molecule has 0 aromatic heterocycles. The van der Waals surface area contributed by atoms with Gasteiger partial charge in [0.2, 0.25) is 0 Å². The molecular weight excluding hydrogens is 240 g/mol. The molecule has 0 saturated carbocycles. The molecule has 4 heteroatoms. The van der Waals surface area contributed by atoms with E-state index in [4.69, 9.17) is 0 Å². The topological polar surface area (TPSA) is 12.0 Å². The monoisotopic (exact) mass is 249 g/mol. The standard InChI is InChI=1S/C9H10BrF2N/c1-6-4-7(10)2-3-8(6)13-5-9(11)12/h2-4,9,13H,5H2,1H3. The summed E-state index contributed by atoms with van der Waals surface area (Å²) in [6.45, 7) is 1.57. The zero-order valence-electron chi connectivity index (χ0n) is 7.15. The normalized spacial score (nSPS) is 10.5. The van der Waals surface area contributed by atoms with Gasteiger partial charge in [0.15, 0.2) is 0 Å². The summed E-state index contributed by atoms with van der Waals surface area (Å²) < 4.78 is 24.7. The van der Waals surface area contributed by atoms with Crippen LogP contribution in [0.4, 0.5) is 14.5 Å². The summed E-state index contributed by atoms with van der Waals surface area (Å²) in [5.41, 5.74) is 1.71. The molecule has 1 nitrogen and oxygen atoms in total. The second-order valence-corrected chi connectivity index (χ2v) is 3.65. The van der Waals surface area contributed by atoms with Gasteiger partial charge in [-0.3, -0.25) is 0 Å². The Morgan fingerprint density at radius 3 is 2.69 bits per heavy atom. The van der Waals surface area contributed by atoms with Crippen LogP contribution in [0.5, 0.6) is 0 Å². The number of aryl methyl sites for hydroxylation is 1. The van der Waals surface area contributed by atoms with Crippen LogP contribution < -0.4 is 5.32 Å². The van der Waals surface area contributed by atoms with Gasteiger partial charge in [-0.1, -0.05) is 15.9 Å². The number of hydrogen-bond donors (Lipinski definition) is 1. The van der Waals surface area contributed by atoms with Crippen molar-refractivity contribution in [1.82, 2.24) is 0 Å². The maximum Gasteiger partial charge on any atom is 0.255 e. The molecule has 0 atom stereocenters. The van der Waals surface area contributed by atoms with Crippen molar-refractivity contribution in [2.24, 2.45) is 0 Å². The van der Waals surface area contributed by atoms with Gasteiger partial charge in [-0.25, -0.2) is 8.78 Å². The number of rotatable bonds is 3. The smallest absolute Gasteiger partial charge is 0.255 e. The van der Waals surface area contributed by atoms with Gasteiger partial charge in [0.05, 0.1) is 6.54 Å². The van der Waals surface area contributed by atoms with Crippen LogP contribution in [0.1, 0.15) is 5.56 Å². The lowest BCUT2D eigenvalue weighted by molar-refractivity contribution is 0.163. The molecule has 0 aliphatic rings. The van der Waals surface area contributed by atoms with E-state index >= 15 is 0 Å². The number of anilines is 1. The molecule has 0 unspecified atom stereocenters. The summed E-state index contributed by atoms with van der Waals surface area (Å²) in [4.78, 5) is 0. The van der Waals surface area contributed by atoms with Crippen LogP contribution in [0.3, 0.4) is 0 Å². The van der Waals surface area contributed by atoms with Crippen molar-refractivity contribution < 1.29 is 8.78 Å². The van der Waals surface area contributed by atoms with Gasteiger partial charge in [-0.15, -0.1) is 0 Å². The van der Waals surface area contributed by atoms with Crippen LogP contribution in [-0.4, -0.2) is 13.0 Å². The van der Waals surface area contributed by atoms with Crippen molar-refractivity contribution in [3.63, 3.8) is 0 Å². The fourth-order valence-electron chi connectivity index (χ4n) is 1.01. The van der Waals surface area contributed by atoms with Crippen LogP contribution in [0.15, 0.2) is 22.7 Å². The molecule has 1 aromatic carbocycles. The van der Waals surface area contributed by atoms with Crippen LogP contribution in [0.2, 0.25) is 0 Å². The fourth-order valence-corrected chi connectivity index (χ4v) is 1.49. The highest BCUT2D eigenvalue weighted by molar-refractivity contribution is 9.10. The highest BCUT2D eigenvalue weighted by Gasteiger charge is 2.03. The number of alkyl halides is 2. The molecule has 0 saturated heterocycles. The Hall–Kier alpha value is -0.640. The average Bonchev–Trinajstić information content (AvgIpc) is 2.02. The number of nitrogens with one attached hydrogen (secondary N) is 1. The van der Waals surface area contributed by atoms with Gasteiger partial charge in [-0.05, 0) is 30.7 Å². The Kier molecular flexibility index (Phi) is 3.66. The SMILES string of the molecule is Cc1cc(Br)ccc1NCC(F)F. The molecule has 1 N–H and O–H groups in total. The third kappa shape index (κ3) is 3.30. The first-order valence-electron chi connectivity index (χ1n) is 3.88. The lowest BCUT2D eigenvalue weighted by Gasteiger charge is -2.08. The van der Waals surface area contributed by atoms with Gasteiger partial charge >= 0.3 is 0 Å². The van der Waals surface area contributed by atoms with Gasteiger partial charge in [0.25, 0.3) is 6.43 Å². The molecule has 0 spiro atoms. The zero-order chi connectivity index (χ0) is 9.84.